The molecule has 2 aromatic carbocycles. The molecule has 1 fully saturated rings. The van der Waals surface area contributed by atoms with E-state index in [1.807, 2.05) is 13.1 Å². The number of aryl methyl sites for hydroxylation is 1. The number of fused-ring (bicyclic) bond motifs is 1. The van der Waals surface area contributed by atoms with E-state index in [9.17, 15) is 4.79 Å². The molecular weight excluding hydrogens is 469 g/mol. The first-order valence-corrected chi connectivity index (χ1v) is 12.1. The summed E-state index contributed by atoms with van der Waals surface area (Å²) in [4.78, 5) is 20.5. The number of hydrogen-bond acceptors (Lipinski definition) is 4. The van der Waals surface area contributed by atoms with Gasteiger partial charge in [0.1, 0.15) is 0 Å². The third-order valence-corrected chi connectivity index (χ3v) is 6.72. The zero-order chi connectivity index (χ0) is 23.7. The molecule has 0 unspecified atom stereocenters. The highest BCUT2D eigenvalue weighted by Gasteiger charge is 2.23. The molecule has 174 valence electrons. The van der Waals surface area contributed by atoms with Crippen LogP contribution in [0.4, 0.5) is 0 Å². The van der Waals surface area contributed by atoms with Crippen LogP contribution in [0.25, 0.3) is 22.3 Å². The molecule has 0 spiro atoms. The van der Waals surface area contributed by atoms with Crippen LogP contribution in [0, 0.1) is 0 Å². The first kappa shape index (κ1) is 22.8. The maximum atomic E-state index is 13.4. The van der Waals surface area contributed by atoms with Crippen LogP contribution in [0.3, 0.4) is 0 Å². The predicted octanol–water partition coefficient (Wildman–Crippen LogP) is 5.34. The normalized spacial score (nSPS) is 15.0. The molecule has 1 aliphatic rings. The number of aromatic nitrogens is 3. The molecule has 5 rings (SSSR count). The van der Waals surface area contributed by atoms with Crippen LogP contribution in [0.5, 0.6) is 0 Å². The van der Waals surface area contributed by atoms with Gasteiger partial charge >= 0.3 is 0 Å². The van der Waals surface area contributed by atoms with Gasteiger partial charge in [0.15, 0.2) is 5.65 Å². The van der Waals surface area contributed by atoms with Crippen molar-refractivity contribution in [1.29, 1.82) is 0 Å². The van der Waals surface area contributed by atoms with Gasteiger partial charge in [0.05, 0.1) is 22.8 Å². The second kappa shape index (κ2) is 9.74. The maximum Gasteiger partial charge on any atom is 0.252 e. The number of likely N-dealkylation sites (tertiary alicyclic amines) is 1. The summed E-state index contributed by atoms with van der Waals surface area (Å²) in [6.45, 7) is 2.84. The third-order valence-electron chi connectivity index (χ3n) is 6.28. The smallest absolute Gasteiger partial charge is 0.252 e. The molecule has 0 aliphatic carbocycles. The van der Waals surface area contributed by atoms with E-state index in [2.05, 4.69) is 39.6 Å². The van der Waals surface area contributed by atoms with Crippen molar-refractivity contribution in [3.63, 3.8) is 0 Å². The van der Waals surface area contributed by atoms with Crippen molar-refractivity contribution in [2.24, 2.45) is 7.05 Å². The molecule has 2 aromatic heterocycles. The van der Waals surface area contributed by atoms with Gasteiger partial charge in [-0.1, -0.05) is 53.5 Å². The van der Waals surface area contributed by atoms with Gasteiger partial charge in [-0.3, -0.25) is 14.4 Å². The van der Waals surface area contributed by atoms with Gasteiger partial charge in [-0.15, -0.1) is 0 Å². The molecule has 1 saturated heterocycles. The topological polar surface area (TPSA) is 63.1 Å². The second-order valence-electron chi connectivity index (χ2n) is 8.73. The van der Waals surface area contributed by atoms with Crippen LogP contribution in [0.1, 0.15) is 28.8 Å². The first-order valence-electron chi connectivity index (χ1n) is 11.3. The van der Waals surface area contributed by atoms with Crippen molar-refractivity contribution in [1.82, 2.24) is 25.0 Å². The molecule has 0 atom stereocenters. The van der Waals surface area contributed by atoms with Gasteiger partial charge in [-0.05, 0) is 42.7 Å². The van der Waals surface area contributed by atoms with Crippen LogP contribution in [-0.4, -0.2) is 44.7 Å². The van der Waals surface area contributed by atoms with Crippen molar-refractivity contribution in [2.45, 2.75) is 25.4 Å². The lowest BCUT2D eigenvalue weighted by Gasteiger charge is -2.32. The van der Waals surface area contributed by atoms with Gasteiger partial charge < -0.3 is 5.32 Å². The van der Waals surface area contributed by atoms with Gasteiger partial charge in [0.2, 0.25) is 0 Å². The third kappa shape index (κ3) is 4.94. The maximum absolute atomic E-state index is 13.4. The van der Waals surface area contributed by atoms with Crippen LogP contribution >= 0.6 is 23.2 Å². The van der Waals surface area contributed by atoms with E-state index in [0.29, 0.717) is 26.9 Å². The Balaban J connectivity index is 1.34. The highest BCUT2D eigenvalue weighted by Crippen LogP contribution is 2.29. The predicted molar refractivity (Wildman–Crippen MR) is 136 cm³/mol. The summed E-state index contributed by atoms with van der Waals surface area (Å²) < 4.78 is 1.67. The van der Waals surface area contributed by atoms with Crippen LogP contribution in [0.2, 0.25) is 10.0 Å². The molecule has 6 nitrogen and oxygen atoms in total. The molecule has 1 aliphatic heterocycles. The van der Waals surface area contributed by atoms with Crippen molar-refractivity contribution in [2.75, 3.05) is 13.1 Å². The SMILES string of the molecule is Cn1ncc2c(C(=O)NC3CCN(Cc4ccccc4)CC3)cc(-c3cc(Cl)cc(Cl)c3)nc21. The van der Waals surface area contributed by atoms with E-state index in [1.165, 1.54) is 5.56 Å². The monoisotopic (exact) mass is 493 g/mol. The van der Waals surface area contributed by atoms with E-state index >= 15 is 0 Å². The number of nitrogens with one attached hydrogen (secondary N) is 1. The Bertz CT molecular complexity index is 1310. The molecule has 4 aromatic rings. The summed E-state index contributed by atoms with van der Waals surface area (Å²) in [6, 6.07) is 17.7. The number of carbonyl (C=O) groups excluding carboxylic acids is 1. The number of nitrogens with zero attached hydrogens (tertiary/aromatic N) is 4. The second-order valence-corrected chi connectivity index (χ2v) is 9.60. The quantitative estimate of drug-likeness (QED) is 0.407. The Morgan fingerprint density at radius 2 is 1.76 bits per heavy atom. The van der Waals surface area contributed by atoms with Gasteiger partial charge in [-0.2, -0.15) is 5.10 Å². The zero-order valence-electron chi connectivity index (χ0n) is 18.8. The number of amides is 1. The number of halogens is 2. The summed E-state index contributed by atoms with van der Waals surface area (Å²) in [6.07, 6.45) is 3.52. The van der Waals surface area contributed by atoms with Crippen molar-refractivity contribution in [3.8, 4) is 11.3 Å². The van der Waals surface area contributed by atoms with E-state index in [0.717, 1.165) is 43.4 Å². The highest BCUT2D eigenvalue weighted by atomic mass is 35.5. The first-order chi connectivity index (χ1) is 16.5. The Kier molecular flexibility index (Phi) is 6.55. The summed E-state index contributed by atoms with van der Waals surface area (Å²) in [5.74, 6) is -0.115. The minimum Gasteiger partial charge on any atom is -0.349 e. The highest BCUT2D eigenvalue weighted by molar-refractivity contribution is 6.35. The van der Waals surface area contributed by atoms with Crippen LogP contribution in [-0.2, 0) is 13.6 Å². The lowest BCUT2D eigenvalue weighted by molar-refractivity contribution is 0.0910. The standard InChI is InChI=1S/C26H25Cl2N5O/c1-32-25-23(15-29-32)22(14-24(31-25)18-11-19(27)13-20(28)12-18)26(34)30-21-7-9-33(10-8-21)16-17-5-3-2-4-6-17/h2-6,11-15,21H,7-10,16H2,1H3,(H,30,34). The molecule has 0 saturated carbocycles. The van der Waals surface area contributed by atoms with E-state index in [-0.39, 0.29) is 11.9 Å². The summed E-state index contributed by atoms with van der Waals surface area (Å²) in [7, 11) is 1.81. The Morgan fingerprint density at radius 1 is 1.06 bits per heavy atom. The van der Waals surface area contributed by atoms with E-state index in [1.54, 1.807) is 35.1 Å². The average molecular weight is 494 g/mol. The van der Waals surface area contributed by atoms with Crippen LogP contribution < -0.4 is 5.32 Å². The van der Waals surface area contributed by atoms with Crippen molar-refractivity contribution >= 4 is 40.1 Å². The number of pyridine rings is 1. The lowest BCUT2D eigenvalue weighted by atomic mass is 10.0. The molecule has 1 N–H and O–H groups in total. The van der Waals surface area contributed by atoms with Gasteiger partial charge in [-0.25, -0.2) is 4.98 Å². The molecule has 0 bridgehead atoms. The lowest BCUT2D eigenvalue weighted by Crippen LogP contribution is -2.44. The molecule has 0 radical (unpaired) electrons. The molecule has 8 heteroatoms. The Labute approximate surface area is 208 Å². The summed E-state index contributed by atoms with van der Waals surface area (Å²) >= 11 is 12.4. The summed E-state index contributed by atoms with van der Waals surface area (Å²) in [5, 5.41) is 9.31. The van der Waals surface area contributed by atoms with Gasteiger partial charge in [0.25, 0.3) is 5.91 Å². The molecule has 34 heavy (non-hydrogen) atoms. The molecule has 3 heterocycles. The number of benzene rings is 2. The van der Waals surface area contributed by atoms with E-state index < -0.39 is 0 Å². The van der Waals surface area contributed by atoms with E-state index in [4.69, 9.17) is 28.2 Å². The fraction of sp³-hybridized carbons (Fsp3) is 0.269. The molecular formula is C26H25Cl2N5O. The minimum atomic E-state index is -0.115. The molecule has 1 amide bonds. The zero-order valence-corrected chi connectivity index (χ0v) is 20.4. The van der Waals surface area contributed by atoms with Crippen LogP contribution in [0.15, 0.2) is 60.8 Å². The Hall–Kier alpha value is -2.93. The largest absolute Gasteiger partial charge is 0.349 e. The van der Waals surface area contributed by atoms with Crippen molar-refractivity contribution < 1.29 is 4.79 Å². The number of hydrogen-bond donors (Lipinski definition) is 1. The fourth-order valence-electron chi connectivity index (χ4n) is 4.49. The Morgan fingerprint density at radius 3 is 2.47 bits per heavy atom. The fourth-order valence-corrected chi connectivity index (χ4v) is 5.02. The average Bonchev–Trinajstić information content (AvgIpc) is 3.20. The number of piperidine rings is 1. The summed E-state index contributed by atoms with van der Waals surface area (Å²) in [5.41, 5.74) is 3.88. The van der Waals surface area contributed by atoms with Gasteiger partial charge in [0, 0.05) is 48.3 Å². The van der Waals surface area contributed by atoms with Crippen molar-refractivity contribution in [3.05, 3.63) is 82.0 Å². The minimum absolute atomic E-state index is 0.115. The number of rotatable bonds is 5. The number of carbonyl (C=O) groups is 1.